The molecule has 3 aliphatic rings. The molecule has 0 radical (unpaired) electrons. The molecule has 1 aliphatic heterocycles. The zero-order chi connectivity index (χ0) is 18.9. The van der Waals surface area contributed by atoms with Crippen molar-refractivity contribution in [1.82, 2.24) is 4.98 Å². The number of aryl methyl sites for hydroxylation is 1. The number of aromatic nitrogens is 1. The summed E-state index contributed by atoms with van der Waals surface area (Å²) in [4.78, 5) is 4.66. The molecule has 4 nitrogen and oxygen atoms in total. The minimum absolute atomic E-state index is 0.0740. The Labute approximate surface area is 167 Å². The van der Waals surface area contributed by atoms with Crippen LogP contribution in [0.4, 0.5) is 5.82 Å². The number of nitrogens with zero attached hydrogens (tertiary/aromatic N) is 1. The van der Waals surface area contributed by atoms with Crippen molar-refractivity contribution in [2.45, 2.75) is 49.7 Å². The van der Waals surface area contributed by atoms with E-state index in [1.54, 1.807) is 0 Å². The maximum atomic E-state index is 5.98. The fourth-order valence-electron chi connectivity index (χ4n) is 5.01. The lowest BCUT2D eigenvalue weighted by molar-refractivity contribution is -0.184. The number of fused-ring (bicyclic) bond motifs is 1. The molecule has 1 aromatic heterocycles. The average molecular weight is 377 g/mol. The Bertz CT molecular complexity index is 846. The molecule has 1 saturated heterocycles. The molecule has 2 aromatic rings. The summed E-state index contributed by atoms with van der Waals surface area (Å²) in [6.45, 7) is 2.33. The predicted octanol–water partition coefficient (Wildman–Crippen LogP) is 4.71. The standard InChI is InChI=1S/C24H28N2O2/c1-2-7-20(8-3-1)23(11-13-24(14-12-23)27-16-17-28-24)18-26-22-21-9-5-4-6-19(21)10-15-25-22/h1-3,5,7-10,15H,4,6,11-14,16-18H2,(H,25,26). The van der Waals surface area contributed by atoms with Crippen LogP contribution in [0.15, 0.2) is 48.7 Å². The summed E-state index contributed by atoms with van der Waals surface area (Å²) in [5.74, 6) is 0.669. The van der Waals surface area contributed by atoms with Gasteiger partial charge in [0.1, 0.15) is 5.82 Å². The maximum absolute atomic E-state index is 5.98. The summed E-state index contributed by atoms with van der Waals surface area (Å²) in [6.07, 6.45) is 12.6. The quantitative estimate of drug-likeness (QED) is 0.839. The highest BCUT2D eigenvalue weighted by Gasteiger charge is 2.46. The van der Waals surface area contributed by atoms with E-state index in [0.29, 0.717) is 0 Å². The monoisotopic (exact) mass is 376 g/mol. The minimum atomic E-state index is -0.342. The Morgan fingerprint density at radius 2 is 1.75 bits per heavy atom. The third-order valence-corrected chi connectivity index (χ3v) is 6.71. The van der Waals surface area contributed by atoms with Crippen molar-refractivity contribution >= 4 is 11.9 Å². The molecule has 5 rings (SSSR count). The molecule has 28 heavy (non-hydrogen) atoms. The van der Waals surface area contributed by atoms with Crippen molar-refractivity contribution in [1.29, 1.82) is 0 Å². The first kappa shape index (κ1) is 17.9. The van der Waals surface area contributed by atoms with Gasteiger partial charge in [-0.15, -0.1) is 0 Å². The molecule has 146 valence electrons. The first-order valence-electron chi connectivity index (χ1n) is 10.5. The Morgan fingerprint density at radius 3 is 2.54 bits per heavy atom. The molecule has 2 heterocycles. The Balaban J connectivity index is 1.40. The Kier molecular flexibility index (Phi) is 4.69. The number of rotatable bonds is 4. The number of hydrogen-bond acceptors (Lipinski definition) is 4. The third-order valence-electron chi connectivity index (χ3n) is 6.71. The van der Waals surface area contributed by atoms with E-state index in [9.17, 15) is 0 Å². The Hall–Kier alpha value is -2.17. The highest BCUT2D eigenvalue weighted by molar-refractivity contribution is 5.67. The number of ether oxygens (including phenoxy) is 2. The fraction of sp³-hybridized carbons (Fsp3) is 0.458. The molecule has 0 amide bonds. The maximum Gasteiger partial charge on any atom is 0.168 e. The van der Waals surface area contributed by atoms with Crippen molar-refractivity contribution in [3.63, 3.8) is 0 Å². The van der Waals surface area contributed by atoms with Gasteiger partial charge in [0.05, 0.1) is 13.2 Å². The van der Waals surface area contributed by atoms with E-state index >= 15 is 0 Å². The van der Waals surface area contributed by atoms with Gasteiger partial charge in [0, 0.05) is 36.6 Å². The van der Waals surface area contributed by atoms with Crippen LogP contribution in [-0.2, 0) is 21.3 Å². The van der Waals surface area contributed by atoms with Crippen LogP contribution in [0.3, 0.4) is 0 Å². The van der Waals surface area contributed by atoms with Crippen molar-refractivity contribution in [2.24, 2.45) is 0 Å². The van der Waals surface area contributed by atoms with Gasteiger partial charge in [0.15, 0.2) is 5.79 Å². The second-order valence-electron chi connectivity index (χ2n) is 8.28. The largest absolute Gasteiger partial charge is 0.369 e. The van der Waals surface area contributed by atoms with Crippen LogP contribution in [0.1, 0.15) is 48.8 Å². The number of anilines is 1. The molecule has 4 heteroatoms. The second-order valence-corrected chi connectivity index (χ2v) is 8.28. The van der Waals surface area contributed by atoms with Gasteiger partial charge in [-0.1, -0.05) is 42.5 Å². The number of allylic oxidation sites excluding steroid dienone is 1. The summed E-state index contributed by atoms with van der Waals surface area (Å²) in [7, 11) is 0. The molecular formula is C24H28N2O2. The summed E-state index contributed by atoms with van der Waals surface area (Å²) in [5, 5.41) is 3.72. The van der Waals surface area contributed by atoms with Crippen molar-refractivity contribution in [3.05, 3.63) is 65.4 Å². The van der Waals surface area contributed by atoms with E-state index in [1.165, 1.54) is 16.7 Å². The molecule has 2 aliphatic carbocycles. The van der Waals surface area contributed by atoms with E-state index in [0.717, 1.165) is 64.1 Å². The molecule has 1 spiro atoms. The van der Waals surface area contributed by atoms with Gasteiger partial charge < -0.3 is 14.8 Å². The van der Waals surface area contributed by atoms with Gasteiger partial charge in [-0.2, -0.15) is 0 Å². The van der Waals surface area contributed by atoms with Gasteiger partial charge in [0.25, 0.3) is 0 Å². The SMILES string of the molecule is C1=Cc2c(ccnc2NCC2(c3ccccc3)CCC3(CC2)OCCO3)CC1. The van der Waals surface area contributed by atoms with Crippen LogP contribution in [-0.4, -0.2) is 30.5 Å². The van der Waals surface area contributed by atoms with Gasteiger partial charge >= 0.3 is 0 Å². The van der Waals surface area contributed by atoms with Gasteiger partial charge in [-0.05, 0) is 42.9 Å². The van der Waals surface area contributed by atoms with Gasteiger partial charge in [-0.25, -0.2) is 4.98 Å². The zero-order valence-electron chi connectivity index (χ0n) is 16.3. The van der Waals surface area contributed by atoms with Crippen LogP contribution >= 0.6 is 0 Å². The van der Waals surface area contributed by atoms with Crippen LogP contribution in [0.2, 0.25) is 0 Å². The highest BCUT2D eigenvalue weighted by Crippen LogP contribution is 2.46. The summed E-state index contributed by atoms with van der Waals surface area (Å²) in [5.41, 5.74) is 4.12. The lowest BCUT2D eigenvalue weighted by Crippen LogP contribution is -2.45. The fourth-order valence-corrected chi connectivity index (χ4v) is 5.01. The van der Waals surface area contributed by atoms with Crippen LogP contribution in [0.25, 0.3) is 6.08 Å². The summed E-state index contributed by atoms with van der Waals surface area (Å²) < 4.78 is 12.0. The second kappa shape index (κ2) is 7.34. The highest BCUT2D eigenvalue weighted by atomic mass is 16.7. The average Bonchev–Trinajstić information content (AvgIpc) is 3.23. The van der Waals surface area contributed by atoms with E-state index in [4.69, 9.17) is 9.47 Å². The summed E-state index contributed by atoms with van der Waals surface area (Å²) in [6, 6.07) is 13.1. The van der Waals surface area contributed by atoms with Gasteiger partial charge in [0.2, 0.25) is 0 Å². The molecule has 0 unspecified atom stereocenters. The Morgan fingerprint density at radius 1 is 0.964 bits per heavy atom. The number of nitrogens with one attached hydrogen (secondary N) is 1. The first-order chi connectivity index (χ1) is 13.8. The van der Waals surface area contributed by atoms with E-state index in [-0.39, 0.29) is 11.2 Å². The predicted molar refractivity (Wildman–Crippen MR) is 111 cm³/mol. The van der Waals surface area contributed by atoms with Crippen molar-refractivity contribution in [2.75, 3.05) is 25.1 Å². The lowest BCUT2D eigenvalue weighted by Gasteiger charge is -2.44. The minimum Gasteiger partial charge on any atom is -0.369 e. The van der Waals surface area contributed by atoms with E-state index in [2.05, 4.69) is 58.9 Å². The molecule has 0 atom stereocenters. The van der Waals surface area contributed by atoms with Crippen LogP contribution < -0.4 is 5.32 Å². The van der Waals surface area contributed by atoms with E-state index in [1.807, 2.05) is 6.20 Å². The van der Waals surface area contributed by atoms with Crippen molar-refractivity contribution in [3.8, 4) is 0 Å². The number of benzene rings is 1. The first-order valence-corrected chi connectivity index (χ1v) is 10.5. The number of hydrogen-bond donors (Lipinski definition) is 1. The molecule has 1 aromatic carbocycles. The molecule has 2 fully saturated rings. The van der Waals surface area contributed by atoms with Gasteiger partial charge in [-0.3, -0.25) is 0 Å². The lowest BCUT2D eigenvalue weighted by atomic mass is 9.67. The van der Waals surface area contributed by atoms with Crippen LogP contribution in [0.5, 0.6) is 0 Å². The molecule has 1 N–H and O–H groups in total. The smallest absolute Gasteiger partial charge is 0.168 e. The molecular weight excluding hydrogens is 348 g/mol. The van der Waals surface area contributed by atoms with Crippen LogP contribution in [0, 0.1) is 0 Å². The summed E-state index contributed by atoms with van der Waals surface area (Å²) >= 11 is 0. The zero-order valence-corrected chi connectivity index (χ0v) is 16.3. The molecule has 1 saturated carbocycles. The van der Waals surface area contributed by atoms with Crippen molar-refractivity contribution < 1.29 is 9.47 Å². The molecule has 0 bridgehead atoms. The third kappa shape index (κ3) is 3.25. The van der Waals surface area contributed by atoms with E-state index < -0.39 is 0 Å². The number of pyridine rings is 1. The topological polar surface area (TPSA) is 43.4 Å². The normalized spacial score (nSPS) is 22.1.